The van der Waals surface area contributed by atoms with E-state index in [1.807, 2.05) is 18.2 Å². The first-order valence-corrected chi connectivity index (χ1v) is 4.02. The van der Waals surface area contributed by atoms with Gasteiger partial charge in [0, 0.05) is 12.0 Å². The predicted molar refractivity (Wildman–Crippen MR) is 49.2 cm³/mol. The van der Waals surface area contributed by atoms with Gasteiger partial charge in [-0.1, -0.05) is 18.7 Å². The van der Waals surface area contributed by atoms with Crippen LogP contribution >= 0.6 is 0 Å². The van der Waals surface area contributed by atoms with Gasteiger partial charge in [-0.3, -0.25) is 0 Å². The third-order valence-electron chi connectivity index (χ3n) is 2.04. The Morgan fingerprint density at radius 2 is 2.42 bits per heavy atom. The van der Waals surface area contributed by atoms with Gasteiger partial charge in [-0.05, 0) is 17.7 Å². The molecule has 0 saturated heterocycles. The Labute approximate surface area is 72.0 Å². The summed E-state index contributed by atoms with van der Waals surface area (Å²) in [6.45, 7) is 4.36. The quantitative estimate of drug-likeness (QED) is 0.570. The Morgan fingerprint density at radius 3 is 3.25 bits per heavy atom. The van der Waals surface area contributed by atoms with E-state index >= 15 is 0 Å². The molecule has 1 aliphatic heterocycles. The molecule has 0 bridgehead atoms. The Kier molecular flexibility index (Phi) is 1.73. The molecule has 0 saturated carbocycles. The van der Waals surface area contributed by atoms with E-state index in [2.05, 4.69) is 18.4 Å². The fraction of sp³-hybridized carbons (Fsp3) is 0.182. The Balaban J connectivity index is 2.56. The minimum atomic E-state index is 0.803. The van der Waals surface area contributed by atoms with Crippen LogP contribution in [0.1, 0.15) is 11.1 Å². The standard InChI is InChI=1S/C11H10O/c1-2-4-9-5-3-6-11-10(9)7-8-12-11/h3-6H,1,7-8H2. The summed E-state index contributed by atoms with van der Waals surface area (Å²) in [6.07, 6.45) is 2.90. The maximum absolute atomic E-state index is 5.42. The van der Waals surface area contributed by atoms with Crippen molar-refractivity contribution in [2.45, 2.75) is 6.42 Å². The van der Waals surface area contributed by atoms with Crippen molar-refractivity contribution in [2.24, 2.45) is 0 Å². The maximum atomic E-state index is 5.42. The average molecular weight is 158 g/mol. The highest BCUT2D eigenvalue weighted by Gasteiger charge is 2.13. The second kappa shape index (κ2) is 2.88. The molecule has 1 heterocycles. The zero-order valence-corrected chi connectivity index (χ0v) is 6.84. The Bertz CT molecular complexity index is 346. The van der Waals surface area contributed by atoms with Gasteiger partial charge in [0.2, 0.25) is 0 Å². The van der Waals surface area contributed by atoms with E-state index in [-0.39, 0.29) is 0 Å². The number of hydrogen-bond acceptors (Lipinski definition) is 1. The van der Waals surface area contributed by atoms with Crippen LogP contribution in [-0.4, -0.2) is 6.61 Å². The highest BCUT2D eigenvalue weighted by molar-refractivity contribution is 5.58. The second-order valence-electron chi connectivity index (χ2n) is 2.77. The summed E-state index contributed by atoms with van der Waals surface area (Å²) in [4.78, 5) is 0. The van der Waals surface area contributed by atoms with Crippen LogP contribution in [0.2, 0.25) is 0 Å². The van der Waals surface area contributed by atoms with E-state index in [0.717, 1.165) is 18.8 Å². The normalized spacial score (nSPS) is 13.0. The molecular weight excluding hydrogens is 148 g/mol. The van der Waals surface area contributed by atoms with Crippen molar-refractivity contribution >= 4 is 6.08 Å². The second-order valence-corrected chi connectivity index (χ2v) is 2.77. The van der Waals surface area contributed by atoms with Crippen molar-refractivity contribution < 1.29 is 4.74 Å². The van der Waals surface area contributed by atoms with Gasteiger partial charge in [-0.15, -0.1) is 5.73 Å². The summed E-state index contributed by atoms with van der Waals surface area (Å²) in [6, 6.07) is 6.06. The molecule has 1 aromatic rings. The molecule has 0 radical (unpaired) electrons. The molecule has 0 aliphatic carbocycles. The molecule has 2 rings (SSSR count). The lowest BCUT2D eigenvalue weighted by Crippen LogP contribution is -1.86. The molecule has 0 amide bonds. The smallest absolute Gasteiger partial charge is 0.123 e. The molecule has 0 aromatic heterocycles. The van der Waals surface area contributed by atoms with Gasteiger partial charge in [0.05, 0.1) is 6.61 Å². The molecule has 1 heteroatoms. The molecule has 0 unspecified atom stereocenters. The summed E-state index contributed by atoms with van der Waals surface area (Å²) in [7, 11) is 0. The largest absolute Gasteiger partial charge is 0.493 e. The lowest BCUT2D eigenvalue weighted by molar-refractivity contribution is 0.357. The van der Waals surface area contributed by atoms with Gasteiger partial charge in [0.25, 0.3) is 0 Å². The van der Waals surface area contributed by atoms with Gasteiger partial charge in [0.15, 0.2) is 0 Å². The van der Waals surface area contributed by atoms with Crippen LogP contribution in [-0.2, 0) is 6.42 Å². The van der Waals surface area contributed by atoms with Crippen LogP contribution in [0.4, 0.5) is 0 Å². The van der Waals surface area contributed by atoms with Gasteiger partial charge >= 0.3 is 0 Å². The van der Waals surface area contributed by atoms with Gasteiger partial charge in [-0.25, -0.2) is 0 Å². The molecule has 60 valence electrons. The minimum absolute atomic E-state index is 0.803. The van der Waals surface area contributed by atoms with E-state index in [1.165, 1.54) is 11.1 Å². The topological polar surface area (TPSA) is 9.23 Å². The zero-order chi connectivity index (χ0) is 8.39. The van der Waals surface area contributed by atoms with Crippen molar-refractivity contribution in [2.75, 3.05) is 6.61 Å². The molecule has 1 aliphatic rings. The molecular formula is C11H10O. The van der Waals surface area contributed by atoms with E-state index in [9.17, 15) is 0 Å². The summed E-state index contributed by atoms with van der Waals surface area (Å²) < 4.78 is 5.42. The van der Waals surface area contributed by atoms with Crippen molar-refractivity contribution in [3.63, 3.8) is 0 Å². The monoisotopic (exact) mass is 158 g/mol. The van der Waals surface area contributed by atoms with Gasteiger partial charge < -0.3 is 4.74 Å². The summed E-state index contributed by atoms with van der Waals surface area (Å²) in [5.41, 5.74) is 5.25. The first-order chi connectivity index (χ1) is 5.92. The fourth-order valence-electron chi connectivity index (χ4n) is 1.49. The molecule has 1 nitrogen and oxygen atoms in total. The Hall–Kier alpha value is -1.46. The van der Waals surface area contributed by atoms with Crippen LogP contribution in [0, 0.1) is 0 Å². The third kappa shape index (κ3) is 1.05. The van der Waals surface area contributed by atoms with Crippen LogP contribution in [0.25, 0.3) is 6.08 Å². The summed E-state index contributed by atoms with van der Waals surface area (Å²) >= 11 is 0. The van der Waals surface area contributed by atoms with Crippen molar-refractivity contribution in [1.29, 1.82) is 0 Å². The number of ether oxygens (including phenoxy) is 1. The minimum Gasteiger partial charge on any atom is -0.493 e. The number of benzene rings is 1. The molecule has 0 atom stereocenters. The van der Waals surface area contributed by atoms with E-state index < -0.39 is 0 Å². The van der Waals surface area contributed by atoms with Crippen LogP contribution in [0.15, 0.2) is 30.5 Å². The summed E-state index contributed by atoms with van der Waals surface area (Å²) in [5, 5.41) is 0. The number of fused-ring (bicyclic) bond motifs is 1. The van der Waals surface area contributed by atoms with Crippen molar-refractivity contribution in [3.8, 4) is 5.75 Å². The number of rotatable bonds is 1. The average Bonchev–Trinajstić information content (AvgIpc) is 2.53. The summed E-state index contributed by atoms with van der Waals surface area (Å²) in [5.74, 6) is 1.01. The van der Waals surface area contributed by atoms with Crippen LogP contribution < -0.4 is 4.74 Å². The van der Waals surface area contributed by atoms with Gasteiger partial charge in [-0.2, -0.15) is 0 Å². The maximum Gasteiger partial charge on any atom is 0.123 e. The van der Waals surface area contributed by atoms with E-state index in [0.29, 0.717) is 0 Å². The van der Waals surface area contributed by atoms with Crippen LogP contribution in [0.5, 0.6) is 5.75 Å². The van der Waals surface area contributed by atoms with Gasteiger partial charge in [0.1, 0.15) is 5.75 Å². The Morgan fingerprint density at radius 1 is 1.50 bits per heavy atom. The number of hydrogen-bond donors (Lipinski definition) is 0. The zero-order valence-electron chi connectivity index (χ0n) is 6.84. The highest BCUT2D eigenvalue weighted by Crippen LogP contribution is 2.28. The highest BCUT2D eigenvalue weighted by atomic mass is 16.5. The molecule has 1 aromatic carbocycles. The molecule has 12 heavy (non-hydrogen) atoms. The third-order valence-corrected chi connectivity index (χ3v) is 2.04. The van der Waals surface area contributed by atoms with Crippen molar-refractivity contribution in [3.05, 3.63) is 41.6 Å². The molecule has 0 fully saturated rings. The first kappa shape index (κ1) is 7.20. The van der Waals surface area contributed by atoms with E-state index in [1.54, 1.807) is 0 Å². The fourth-order valence-corrected chi connectivity index (χ4v) is 1.49. The lowest BCUT2D eigenvalue weighted by Gasteiger charge is -2.00. The van der Waals surface area contributed by atoms with E-state index in [4.69, 9.17) is 4.74 Å². The lowest BCUT2D eigenvalue weighted by atomic mass is 10.1. The SMILES string of the molecule is C=C=Cc1cccc2c1CCO2. The van der Waals surface area contributed by atoms with Crippen LogP contribution in [0.3, 0.4) is 0 Å². The van der Waals surface area contributed by atoms with Crippen molar-refractivity contribution in [1.82, 2.24) is 0 Å². The first-order valence-electron chi connectivity index (χ1n) is 4.02. The molecule has 0 spiro atoms. The predicted octanol–water partition coefficient (Wildman–Crippen LogP) is 2.42. The molecule has 0 N–H and O–H groups in total.